The Morgan fingerprint density at radius 1 is 1.59 bits per heavy atom. The molecule has 0 aromatic heterocycles. The van der Waals surface area contributed by atoms with E-state index < -0.39 is 0 Å². The molecule has 0 aliphatic carbocycles. The normalized spacial score (nSPS) is 23.3. The van der Waals surface area contributed by atoms with Crippen LogP contribution >= 0.6 is 0 Å². The maximum Gasteiger partial charge on any atom is 0.101 e. The van der Waals surface area contributed by atoms with Gasteiger partial charge in [-0.05, 0) is 31.9 Å². The molecular formula is C13H17N3O. The smallest absolute Gasteiger partial charge is 0.101 e. The van der Waals surface area contributed by atoms with Crippen LogP contribution in [-0.2, 0) is 4.74 Å². The van der Waals surface area contributed by atoms with Gasteiger partial charge >= 0.3 is 0 Å². The topological polar surface area (TPSA) is 71.1 Å². The Morgan fingerprint density at radius 2 is 2.41 bits per heavy atom. The van der Waals surface area contributed by atoms with Gasteiger partial charge in [0.2, 0.25) is 0 Å². The van der Waals surface area contributed by atoms with Crippen LogP contribution in [-0.4, -0.2) is 18.8 Å². The lowest BCUT2D eigenvalue weighted by Crippen LogP contribution is -2.32. The van der Waals surface area contributed by atoms with Gasteiger partial charge in [0.15, 0.2) is 0 Å². The van der Waals surface area contributed by atoms with E-state index >= 15 is 0 Å². The average Bonchev–Trinajstić information content (AvgIpc) is 2.75. The molecule has 1 fully saturated rings. The summed E-state index contributed by atoms with van der Waals surface area (Å²) in [4.78, 5) is 0. The molecule has 1 aliphatic heterocycles. The number of nitrogens with zero attached hydrogens (tertiary/aromatic N) is 1. The summed E-state index contributed by atoms with van der Waals surface area (Å²) in [5.41, 5.74) is 7.60. The van der Waals surface area contributed by atoms with Crippen molar-refractivity contribution in [1.82, 2.24) is 0 Å². The van der Waals surface area contributed by atoms with Crippen molar-refractivity contribution < 1.29 is 4.74 Å². The molecule has 1 aromatic rings. The second kappa shape index (κ2) is 4.64. The molecule has 0 amide bonds. The van der Waals surface area contributed by atoms with Gasteiger partial charge in [-0.2, -0.15) is 5.26 Å². The maximum absolute atomic E-state index is 8.89. The number of hydrogen-bond donors (Lipinski definition) is 2. The molecule has 4 heteroatoms. The largest absolute Gasteiger partial charge is 0.396 e. The van der Waals surface area contributed by atoms with Crippen molar-refractivity contribution in [3.8, 4) is 6.07 Å². The molecule has 1 aromatic carbocycles. The van der Waals surface area contributed by atoms with Crippen LogP contribution in [0.5, 0.6) is 0 Å². The number of ether oxygens (including phenoxy) is 1. The van der Waals surface area contributed by atoms with Crippen LogP contribution in [0.1, 0.15) is 25.3 Å². The highest BCUT2D eigenvalue weighted by Gasteiger charge is 2.29. The van der Waals surface area contributed by atoms with Crippen LogP contribution in [0.3, 0.4) is 0 Å². The van der Waals surface area contributed by atoms with Crippen molar-refractivity contribution in [2.75, 3.05) is 24.2 Å². The second-order valence-electron chi connectivity index (χ2n) is 4.63. The summed E-state index contributed by atoms with van der Waals surface area (Å²) in [7, 11) is 0. The van der Waals surface area contributed by atoms with E-state index in [9.17, 15) is 0 Å². The van der Waals surface area contributed by atoms with E-state index in [4.69, 9.17) is 15.7 Å². The van der Waals surface area contributed by atoms with Crippen molar-refractivity contribution in [2.24, 2.45) is 0 Å². The van der Waals surface area contributed by atoms with Gasteiger partial charge in [-0.15, -0.1) is 0 Å². The molecule has 0 bridgehead atoms. The maximum atomic E-state index is 8.89. The molecule has 90 valence electrons. The summed E-state index contributed by atoms with van der Waals surface area (Å²) >= 11 is 0. The standard InChI is InChI=1S/C13H17N3O/c1-13(6-3-7-17-13)9-16-11-5-2-4-10(8-14)12(11)15/h2,4-5,16H,3,6-7,9,15H2,1H3. The predicted molar refractivity (Wildman–Crippen MR) is 67.7 cm³/mol. The highest BCUT2D eigenvalue weighted by atomic mass is 16.5. The molecule has 1 saturated heterocycles. The first-order valence-electron chi connectivity index (χ1n) is 5.81. The lowest BCUT2D eigenvalue weighted by atomic mass is 10.0. The van der Waals surface area contributed by atoms with Crippen LogP contribution < -0.4 is 11.1 Å². The van der Waals surface area contributed by atoms with Gasteiger partial charge in [-0.1, -0.05) is 6.07 Å². The quantitative estimate of drug-likeness (QED) is 0.782. The monoisotopic (exact) mass is 231 g/mol. The van der Waals surface area contributed by atoms with Crippen LogP contribution in [0.4, 0.5) is 11.4 Å². The molecule has 17 heavy (non-hydrogen) atoms. The van der Waals surface area contributed by atoms with Crippen LogP contribution in [0.25, 0.3) is 0 Å². The molecule has 1 atom stereocenters. The Kier molecular flexibility index (Phi) is 3.21. The molecule has 1 heterocycles. The first-order valence-corrected chi connectivity index (χ1v) is 5.81. The number of hydrogen-bond acceptors (Lipinski definition) is 4. The van der Waals surface area contributed by atoms with E-state index in [1.807, 2.05) is 12.1 Å². The summed E-state index contributed by atoms with van der Waals surface area (Å²) in [5, 5.41) is 12.2. The van der Waals surface area contributed by atoms with Crippen molar-refractivity contribution in [1.29, 1.82) is 5.26 Å². The average molecular weight is 231 g/mol. The third-order valence-electron chi connectivity index (χ3n) is 3.18. The molecule has 1 aliphatic rings. The van der Waals surface area contributed by atoms with Crippen LogP contribution in [0.15, 0.2) is 18.2 Å². The van der Waals surface area contributed by atoms with Gasteiger partial charge in [0, 0.05) is 13.2 Å². The molecular weight excluding hydrogens is 214 g/mol. The molecule has 0 spiro atoms. The first kappa shape index (κ1) is 11.7. The zero-order valence-corrected chi connectivity index (χ0v) is 9.99. The number of para-hydroxylation sites is 1. The Morgan fingerprint density at radius 3 is 3.06 bits per heavy atom. The van der Waals surface area contributed by atoms with E-state index in [-0.39, 0.29) is 5.60 Å². The van der Waals surface area contributed by atoms with E-state index in [2.05, 4.69) is 18.3 Å². The van der Waals surface area contributed by atoms with E-state index in [0.717, 1.165) is 25.1 Å². The third kappa shape index (κ3) is 2.51. The summed E-state index contributed by atoms with van der Waals surface area (Å²) in [6.45, 7) is 3.63. The number of rotatable bonds is 3. The van der Waals surface area contributed by atoms with Crippen LogP contribution in [0.2, 0.25) is 0 Å². The lowest BCUT2D eigenvalue weighted by Gasteiger charge is -2.24. The fourth-order valence-electron chi connectivity index (χ4n) is 2.08. The number of nitrogen functional groups attached to an aromatic ring is 1. The zero-order valence-electron chi connectivity index (χ0n) is 9.99. The van der Waals surface area contributed by atoms with Gasteiger partial charge in [0.25, 0.3) is 0 Å². The fourth-order valence-corrected chi connectivity index (χ4v) is 2.08. The highest BCUT2D eigenvalue weighted by Crippen LogP contribution is 2.27. The molecule has 0 saturated carbocycles. The number of nitriles is 1. The number of benzene rings is 1. The van der Waals surface area contributed by atoms with Gasteiger partial charge < -0.3 is 15.8 Å². The molecule has 0 radical (unpaired) electrons. The third-order valence-corrected chi connectivity index (χ3v) is 3.18. The SMILES string of the molecule is CC1(CNc2cccc(C#N)c2N)CCCO1. The minimum absolute atomic E-state index is 0.116. The van der Waals surface area contributed by atoms with Crippen molar-refractivity contribution in [3.63, 3.8) is 0 Å². The van der Waals surface area contributed by atoms with Crippen LogP contribution in [0, 0.1) is 11.3 Å². The van der Waals surface area contributed by atoms with Gasteiger partial charge in [0.1, 0.15) is 6.07 Å². The summed E-state index contributed by atoms with van der Waals surface area (Å²) in [5.74, 6) is 0. The minimum atomic E-state index is -0.116. The Bertz CT molecular complexity index is 444. The number of anilines is 2. The molecule has 2 rings (SSSR count). The molecule has 4 nitrogen and oxygen atoms in total. The second-order valence-corrected chi connectivity index (χ2v) is 4.63. The first-order chi connectivity index (χ1) is 8.14. The van der Waals surface area contributed by atoms with Crippen molar-refractivity contribution in [2.45, 2.75) is 25.4 Å². The Balaban J connectivity index is 2.07. The Hall–Kier alpha value is -1.73. The summed E-state index contributed by atoms with van der Waals surface area (Å²) in [6.07, 6.45) is 2.16. The minimum Gasteiger partial charge on any atom is -0.396 e. The van der Waals surface area contributed by atoms with Gasteiger partial charge in [-0.25, -0.2) is 0 Å². The fraction of sp³-hybridized carbons (Fsp3) is 0.462. The number of nitrogens with one attached hydrogen (secondary N) is 1. The van der Waals surface area contributed by atoms with Gasteiger partial charge in [0.05, 0.1) is 22.5 Å². The number of nitrogens with two attached hydrogens (primary N) is 1. The predicted octanol–water partition coefficient (Wildman–Crippen LogP) is 2.12. The molecule has 3 N–H and O–H groups in total. The highest BCUT2D eigenvalue weighted by molar-refractivity contribution is 5.72. The molecule has 1 unspecified atom stereocenters. The van der Waals surface area contributed by atoms with Gasteiger partial charge in [-0.3, -0.25) is 0 Å². The van der Waals surface area contributed by atoms with Crippen molar-refractivity contribution in [3.05, 3.63) is 23.8 Å². The summed E-state index contributed by atoms with van der Waals surface area (Å²) < 4.78 is 5.69. The van der Waals surface area contributed by atoms with E-state index in [0.29, 0.717) is 17.8 Å². The zero-order chi connectivity index (χ0) is 12.3. The Labute approximate surface area is 101 Å². The summed E-state index contributed by atoms with van der Waals surface area (Å²) in [6, 6.07) is 7.51. The van der Waals surface area contributed by atoms with Crippen molar-refractivity contribution >= 4 is 11.4 Å². The van der Waals surface area contributed by atoms with E-state index in [1.165, 1.54) is 0 Å². The lowest BCUT2D eigenvalue weighted by molar-refractivity contribution is 0.0315. The van der Waals surface area contributed by atoms with E-state index in [1.54, 1.807) is 6.07 Å².